The van der Waals surface area contributed by atoms with Crippen molar-refractivity contribution in [3.05, 3.63) is 29.3 Å². The smallest absolute Gasteiger partial charge is 0.250 e. The van der Waals surface area contributed by atoms with Crippen molar-refractivity contribution in [3.8, 4) is 11.5 Å². The molecule has 1 fully saturated rings. The summed E-state index contributed by atoms with van der Waals surface area (Å²) in [5, 5.41) is 6.33. The van der Waals surface area contributed by atoms with Crippen molar-refractivity contribution in [3.63, 3.8) is 0 Å². The van der Waals surface area contributed by atoms with Gasteiger partial charge < -0.3 is 25.0 Å². The summed E-state index contributed by atoms with van der Waals surface area (Å²) in [7, 11) is 1.63. The summed E-state index contributed by atoms with van der Waals surface area (Å²) >= 11 is 0. The molecule has 2 aliphatic heterocycles. The number of fused-ring (bicyclic) bond motifs is 1. The largest absolute Gasteiger partial charge is 0.497 e. The maximum Gasteiger partial charge on any atom is 0.250 e. The van der Waals surface area contributed by atoms with Crippen LogP contribution in [-0.2, 0) is 4.79 Å². The summed E-state index contributed by atoms with van der Waals surface area (Å²) < 4.78 is 10.9. The average molecular weight is 331 g/mol. The summed E-state index contributed by atoms with van der Waals surface area (Å²) in [5.41, 5.74) is 1.53. The van der Waals surface area contributed by atoms with Gasteiger partial charge in [0.1, 0.15) is 18.1 Å². The Labute approximate surface area is 142 Å². The highest BCUT2D eigenvalue weighted by molar-refractivity contribution is 5.99. The van der Waals surface area contributed by atoms with Gasteiger partial charge in [0, 0.05) is 38.3 Å². The second-order valence-electron chi connectivity index (χ2n) is 6.06. The average Bonchev–Trinajstić information content (AvgIpc) is 2.65. The van der Waals surface area contributed by atoms with Gasteiger partial charge in [-0.25, -0.2) is 0 Å². The molecule has 1 aromatic rings. The van der Waals surface area contributed by atoms with Gasteiger partial charge in [0.05, 0.1) is 12.7 Å². The molecule has 1 aromatic carbocycles. The first-order valence-electron chi connectivity index (χ1n) is 8.49. The number of hydrogen-bond donors (Lipinski definition) is 2. The van der Waals surface area contributed by atoms with Gasteiger partial charge in [-0.05, 0) is 37.2 Å². The highest BCUT2D eigenvalue weighted by atomic mass is 16.5. The lowest BCUT2D eigenvalue weighted by molar-refractivity contribution is -0.117. The zero-order valence-corrected chi connectivity index (χ0v) is 14.1. The molecule has 3 rings (SSSR count). The number of amides is 1. The molecule has 1 amide bonds. The molecule has 0 aromatic heterocycles. The summed E-state index contributed by atoms with van der Waals surface area (Å²) in [6.07, 6.45) is 2.84. The zero-order valence-electron chi connectivity index (χ0n) is 14.1. The maximum atomic E-state index is 12.3. The highest BCUT2D eigenvalue weighted by Crippen LogP contribution is 2.29. The number of nitrogens with zero attached hydrogens (tertiary/aromatic N) is 1. The van der Waals surface area contributed by atoms with E-state index >= 15 is 0 Å². The molecular formula is C18H25N3O3. The second-order valence-corrected chi connectivity index (χ2v) is 6.06. The number of nitrogens with one attached hydrogen (secondary N) is 2. The molecule has 2 N–H and O–H groups in total. The molecule has 0 bridgehead atoms. The van der Waals surface area contributed by atoms with Crippen LogP contribution in [0.5, 0.6) is 11.5 Å². The van der Waals surface area contributed by atoms with E-state index in [1.165, 1.54) is 0 Å². The highest BCUT2D eigenvalue weighted by Gasteiger charge is 2.17. The van der Waals surface area contributed by atoms with Crippen LogP contribution in [0, 0.1) is 0 Å². The van der Waals surface area contributed by atoms with E-state index in [0.717, 1.165) is 56.2 Å². The van der Waals surface area contributed by atoms with Gasteiger partial charge in [-0.15, -0.1) is 0 Å². The maximum absolute atomic E-state index is 12.3. The lowest BCUT2D eigenvalue weighted by Crippen LogP contribution is -2.44. The van der Waals surface area contributed by atoms with E-state index in [1.54, 1.807) is 7.11 Å². The molecule has 0 saturated carbocycles. The minimum atomic E-state index is -0.0521. The fourth-order valence-electron chi connectivity index (χ4n) is 2.97. The Morgan fingerprint density at radius 3 is 3.00 bits per heavy atom. The van der Waals surface area contributed by atoms with Crippen molar-refractivity contribution in [2.75, 3.05) is 53.0 Å². The summed E-state index contributed by atoms with van der Waals surface area (Å²) in [5.74, 6) is 1.49. The minimum Gasteiger partial charge on any atom is -0.497 e. The standard InChI is InChI=1S/C18H25N3O3/c1-23-16-3-4-17-14(12-16)11-15(13-24-17)18(22)20-5-2-8-21-9-6-19-7-10-21/h3-4,11-12,19H,2,5-10,13H2,1H3,(H,20,22). The number of rotatable bonds is 6. The van der Waals surface area contributed by atoms with Crippen LogP contribution in [0.3, 0.4) is 0 Å². The van der Waals surface area contributed by atoms with Crippen LogP contribution in [0.4, 0.5) is 0 Å². The van der Waals surface area contributed by atoms with Gasteiger partial charge in [-0.3, -0.25) is 4.79 Å². The second kappa shape index (κ2) is 8.17. The number of methoxy groups -OCH3 is 1. The van der Waals surface area contributed by atoms with Crippen molar-refractivity contribution in [1.29, 1.82) is 0 Å². The first-order valence-corrected chi connectivity index (χ1v) is 8.49. The van der Waals surface area contributed by atoms with Crippen molar-refractivity contribution in [1.82, 2.24) is 15.5 Å². The van der Waals surface area contributed by atoms with Crippen molar-refractivity contribution < 1.29 is 14.3 Å². The molecule has 0 aliphatic carbocycles. The molecule has 0 atom stereocenters. The van der Waals surface area contributed by atoms with Gasteiger partial charge >= 0.3 is 0 Å². The number of ether oxygens (including phenoxy) is 2. The Kier molecular flexibility index (Phi) is 5.72. The van der Waals surface area contributed by atoms with Crippen LogP contribution in [0.25, 0.3) is 6.08 Å². The molecule has 130 valence electrons. The third-order valence-electron chi connectivity index (χ3n) is 4.37. The lowest BCUT2D eigenvalue weighted by Gasteiger charge is -2.27. The SMILES string of the molecule is COc1ccc2c(c1)C=C(C(=O)NCCCN1CCNCC1)CO2. The topological polar surface area (TPSA) is 62.8 Å². The number of piperazine rings is 1. The van der Waals surface area contributed by atoms with Gasteiger partial charge in [0.2, 0.25) is 0 Å². The number of carbonyl (C=O) groups is 1. The molecule has 1 saturated heterocycles. The Balaban J connectivity index is 1.48. The molecule has 0 spiro atoms. The lowest BCUT2D eigenvalue weighted by atomic mass is 10.1. The van der Waals surface area contributed by atoms with E-state index < -0.39 is 0 Å². The summed E-state index contributed by atoms with van der Waals surface area (Å²) in [6, 6.07) is 5.60. The summed E-state index contributed by atoms with van der Waals surface area (Å²) in [6.45, 7) is 6.31. The predicted molar refractivity (Wildman–Crippen MR) is 93.4 cm³/mol. The molecule has 0 radical (unpaired) electrons. The molecule has 6 nitrogen and oxygen atoms in total. The Morgan fingerprint density at radius 2 is 2.21 bits per heavy atom. The predicted octanol–water partition coefficient (Wildman–Crippen LogP) is 0.883. The van der Waals surface area contributed by atoms with Crippen LogP contribution in [0.15, 0.2) is 23.8 Å². The molecule has 2 aliphatic rings. The number of hydrogen-bond acceptors (Lipinski definition) is 5. The minimum absolute atomic E-state index is 0.0521. The van der Waals surface area contributed by atoms with Gasteiger partial charge in [0.25, 0.3) is 5.91 Å². The van der Waals surface area contributed by atoms with Gasteiger partial charge in [-0.1, -0.05) is 0 Å². The van der Waals surface area contributed by atoms with E-state index in [1.807, 2.05) is 24.3 Å². The quantitative estimate of drug-likeness (QED) is 0.758. The monoisotopic (exact) mass is 331 g/mol. The number of benzene rings is 1. The molecule has 24 heavy (non-hydrogen) atoms. The fourth-order valence-corrected chi connectivity index (χ4v) is 2.97. The van der Waals surface area contributed by atoms with Crippen molar-refractivity contribution in [2.24, 2.45) is 0 Å². The van der Waals surface area contributed by atoms with Crippen LogP contribution in [0.2, 0.25) is 0 Å². The van der Waals surface area contributed by atoms with E-state index in [0.29, 0.717) is 18.7 Å². The van der Waals surface area contributed by atoms with Gasteiger partial charge in [-0.2, -0.15) is 0 Å². The van der Waals surface area contributed by atoms with E-state index in [9.17, 15) is 4.79 Å². The van der Waals surface area contributed by atoms with Crippen LogP contribution in [0.1, 0.15) is 12.0 Å². The third-order valence-corrected chi connectivity index (χ3v) is 4.37. The van der Waals surface area contributed by atoms with Crippen molar-refractivity contribution >= 4 is 12.0 Å². The van der Waals surface area contributed by atoms with Crippen LogP contribution < -0.4 is 20.1 Å². The first-order chi connectivity index (χ1) is 11.8. The summed E-state index contributed by atoms with van der Waals surface area (Å²) in [4.78, 5) is 14.7. The van der Waals surface area contributed by atoms with E-state index in [4.69, 9.17) is 9.47 Å². The fraction of sp³-hybridized carbons (Fsp3) is 0.500. The molecule has 6 heteroatoms. The van der Waals surface area contributed by atoms with E-state index in [2.05, 4.69) is 15.5 Å². The number of carbonyl (C=O) groups excluding carboxylic acids is 1. The van der Waals surface area contributed by atoms with Crippen LogP contribution in [-0.4, -0.2) is 63.8 Å². The van der Waals surface area contributed by atoms with Crippen LogP contribution >= 0.6 is 0 Å². The molecule has 2 heterocycles. The Bertz CT molecular complexity index is 610. The zero-order chi connectivity index (χ0) is 16.8. The Hall–Kier alpha value is -2.05. The van der Waals surface area contributed by atoms with Gasteiger partial charge in [0.15, 0.2) is 0 Å². The Morgan fingerprint density at radius 1 is 1.38 bits per heavy atom. The van der Waals surface area contributed by atoms with E-state index in [-0.39, 0.29) is 5.91 Å². The molecule has 0 unspecified atom stereocenters. The third kappa shape index (κ3) is 4.27. The van der Waals surface area contributed by atoms with Crippen molar-refractivity contribution in [2.45, 2.75) is 6.42 Å². The normalized spacial score (nSPS) is 17.5. The first kappa shape index (κ1) is 16.8. The molecular weight excluding hydrogens is 306 g/mol.